The first-order valence-corrected chi connectivity index (χ1v) is 9.74. The molecule has 0 aliphatic carbocycles. The summed E-state index contributed by atoms with van der Waals surface area (Å²) in [6.07, 6.45) is 0.582. The van der Waals surface area contributed by atoms with Crippen LogP contribution in [0.15, 0.2) is 30.3 Å². The Kier molecular flexibility index (Phi) is 7.24. The molecule has 9 heteroatoms. The third kappa shape index (κ3) is 5.27. The number of urea groups is 1. The first kappa shape index (κ1) is 21.6. The number of hydrogen-bond donors (Lipinski definition) is 2. The predicted molar refractivity (Wildman–Crippen MR) is 111 cm³/mol. The van der Waals surface area contributed by atoms with Gasteiger partial charge in [0.2, 0.25) is 0 Å². The second kappa shape index (κ2) is 10.1. The molecule has 2 N–H and O–H groups in total. The van der Waals surface area contributed by atoms with Crippen molar-refractivity contribution < 1.29 is 28.5 Å². The van der Waals surface area contributed by atoms with Gasteiger partial charge in [0, 0.05) is 13.1 Å². The summed E-state index contributed by atoms with van der Waals surface area (Å²) in [5.41, 5.74) is 1.97. The fraction of sp³-hybridized carbons (Fsp3) is 0.333. The van der Waals surface area contributed by atoms with E-state index in [4.69, 9.17) is 30.5 Å². The molecule has 30 heavy (non-hydrogen) atoms. The molecule has 0 saturated heterocycles. The maximum Gasteiger partial charge on any atom is 0.341 e. The number of carbonyl (C=O) groups excluding carboxylic acids is 2. The Morgan fingerprint density at radius 2 is 1.87 bits per heavy atom. The summed E-state index contributed by atoms with van der Waals surface area (Å²) in [7, 11) is 2.77. The average Bonchev–Trinajstić information content (AvgIpc) is 2.77. The lowest BCUT2D eigenvalue weighted by Crippen LogP contribution is -2.36. The van der Waals surface area contributed by atoms with E-state index in [1.807, 2.05) is 6.07 Å². The van der Waals surface area contributed by atoms with Gasteiger partial charge in [-0.3, -0.25) is 0 Å². The molecule has 1 aliphatic heterocycles. The summed E-state index contributed by atoms with van der Waals surface area (Å²) in [4.78, 5) is 23.9. The van der Waals surface area contributed by atoms with E-state index in [2.05, 4.69) is 10.6 Å². The number of rotatable bonds is 7. The number of ether oxygens (including phenoxy) is 4. The maximum absolute atomic E-state index is 12.1. The fourth-order valence-electron chi connectivity index (χ4n) is 3.01. The van der Waals surface area contributed by atoms with E-state index in [1.54, 1.807) is 24.3 Å². The van der Waals surface area contributed by atoms with E-state index in [0.29, 0.717) is 54.0 Å². The summed E-state index contributed by atoms with van der Waals surface area (Å²) in [6.45, 7) is 1.62. The van der Waals surface area contributed by atoms with Gasteiger partial charge in [-0.2, -0.15) is 0 Å². The lowest BCUT2D eigenvalue weighted by molar-refractivity contribution is 0.0597. The van der Waals surface area contributed by atoms with Crippen molar-refractivity contribution >= 4 is 23.6 Å². The maximum atomic E-state index is 12.1. The molecule has 3 rings (SSSR count). The Morgan fingerprint density at radius 3 is 2.63 bits per heavy atom. The standard InChI is InChI=1S/C21H23ClN2O6/c1-27-17-4-3-14(9-15(17)20(25)28-2)12-24-21(26)23-6-5-13-10-16(22)19-18(11-13)29-7-8-30-19/h3-4,9-11H,5-8,12H2,1-2H3,(H2,23,24,26). The molecule has 1 heterocycles. The van der Waals surface area contributed by atoms with Crippen LogP contribution in [0.1, 0.15) is 21.5 Å². The highest BCUT2D eigenvalue weighted by Gasteiger charge is 2.17. The van der Waals surface area contributed by atoms with Crippen molar-refractivity contribution in [3.05, 3.63) is 52.0 Å². The van der Waals surface area contributed by atoms with Crippen LogP contribution in [0.2, 0.25) is 5.02 Å². The lowest BCUT2D eigenvalue weighted by atomic mass is 10.1. The second-order valence-corrected chi connectivity index (χ2v) is 6.89. The van der Waals surface area contributed by atoms with Crippen molar-refractivity contribution in [1.29, 1.82) is 0 Å². The van der Waals surface area contributed by atoms with Crippen LogP contribution in [0.5, 0.6) is 17.2 Å². The van der Waals surface area contributed by atoms with Crippen LogP contribution in [0.4, 0.5) is 4.79 Å². The molecule has 2 aromatic rings. The minimum absolute atomic E-state index is 0.246. The molecule has 8 nitrogen and oxygen atoms in total. The van der Waals surface area contributed by atoms with Crippen LogP contribution in [0.25, 0.3) is 0 Å². The molecule has 0 aromatic heterocycles. The largest absolute Gasteiger partial charge is 0.496 e. The minimum Gasteiger partial charge on any atom is -0.496 e. The van der Waals surface area contributed by atoms with Crippen LogP contribution in [0.3, 0.4) is 0 Å². The summed E-state index contributed by atoms with van der Waals surface area (Å²) < 4.78 is 21.0. The van der Waals surface area contributed by atoms with Gasteiger partial charge in [-0.05, 0) is 41.8 Å². The van der Waals surface area contributed by atoms with E-state index in [-0.39, 0.29) is 12.6 Å². The van der Waals surface area contributed by atoms with Gasteiger partial charge in [-0.1, -0.05) is 17.7 Å². The van der Waals surface area contributed by atoms with Gasteiger partial charge in [0.15, 0.2) is 11.5 Å². The second-order valence-electron chi connectivity index (χ2n) is 6.49. The number of esters is 1. The zero-order chi connectivity index (χ0) is 21.5. The zero-order valence-corrected chi connectivity index (χ0v) is 17.5. The van der Waals surface area contributed by atoms with Gasteiger partial charge >= 0.3 is 12.0 Å². The highest BCUT2D eigenvalue weighted by atomic mass is 35.5. The smallest absolute Gasteiger partial charge is 0.341 e. The number of nitrogens with one attached hydrogen (secondary N) is 2. The number of carbonyl (C=O) groups is 2. The SMILES string of the molecule is COC(=O)c1cc(CNC(=O)NCCc2cc(Cl)c3c(c2)OCCO3)ccc1OC. The molecule has 2 amide bonds. The van der Waals surface area contributed by atoms with E-state index < -0.39 is 5.97 Å². The molecular weight excluding hydrogens is 412 g/mol. The third-order valence-corrected chi connectivity index (χ3v) is 4.76. The van der Waals surface area contributed by atoms with E-state index >= 15 is 0 Å². The number of fused-ring (bicyclic) bond motifs is 1. The van der Waals surface area contributed by atoms with Gasteiger partial charge in [0.05, 0.1) is 19.2 Å². The Hall–Kier alpha value is -3.13. The van der Waals surface area contributed by atoms with Crippen LogP contribution in [-0.2, 0) is 17.7 Å². The summed E-state index contributed by atoms with van der Waals surface area (Å²) in [5.74, 6) is 1.08. The van der Waals surface area contributed by atoms with Crippen LogP contribution in [0, 0.1) is 0 Å². The molecule has 0 unspecified atom stereocenters. The molecule has 0 fully saturated rings. The van der Waals surface area contributed by atoms with E-state index in [0.717, 1.165) is 11.1 Å². The molecule has 1 aliphatic rings. The molecule has 0 spiro atoms. The van der Waals surface area contributed by atoms with Crippen molar-refractivity contribution in [3.8, 4) is 17.2 Å². The van der Waals surface area contributed by atoms with Crippen LogP contribution in [-0.4, -0.2) is 46.0 Å². The molecule has 0 radical (unpaired) electrons. The quantitative estimate of drug-likeness (QED) is 0.650. The fourth-order valence-corrected chi connectivity index (χ4v) is 3.30. The first-order valence-electron chi connectivity index (χ1n) is 9.36. The van der Waals surface area contributed by atoms with Crippen molar-refractivity contribution in [1.82, 2.24) is 10.6 Å². The molecule has 0 atom stereocenters. The topological polar surface area (TPSA) is 95.1 Å². The molecule has 160 valence electrons. The normalized spacial score (nSPS) is 12.1. The van der Waals surface area contributed by atoms with Gasteiger partial charge in [0.1, 0.15) is 24.5 Å². The number of benzene rings is 2. The Morgan fingerprint density at radius 1 is 1.07 bits per heavy atom. The van der Waals surface area contributed by atoms with E-state index in [1.165, 1.54) is 14.2 Å². The molecule has 0 saturated carbocycles. The number of halogens is 1. The zero-order valence-electron chi connectivity index (χ0n) is 16.7. The van der Waals surface area contributed by atoms with Crippen molar-refractivity contribution in [3.63, 3.8) is 0 Å². The third-order valence-electron chi connectivity index (χ3n) is 4.48. The number of amides is 2. The van der Waals surface area contributed by atoms with Crippen molar-refractivity contribution in [2.75, 3.05) is 34.0 Å². The number of hydrogen-bond acceptors (Lipinski definition) is 6. The highest BCUT2D eigenvalue weighted by Crippen LogP contribution is 2.38. The van der Waals surface area contributed by atoms with Crippen molar-refractivity contribution in [2.24, 2.45) is 0 Å². The molecular formula is C21H23ClN2O6. The Bertz CT molecular complexity index is 934. The number of methoxy groups -OCH3 is 2. The molecule has 0 bridgehead atoms. The van der Waals surface area contributed by atoms with Crippen molar-refractivity contribution in [2.45, 2.75) is 13.0 Å². The van der Waals surface area contributed by atoms with E-state index in [9.17, 15) is 9.59 Å². The monoisotopic (exact) mass is 434 g/mol. The minimum atomic E-state index is -0.503. The van der Waals surface area contributed by atoms with Gasteiger partial charge in [-0.25, -0.2) is 9.59 Å². The summed E-state index contributed by atoms with van der Waals surface area (Å²) >= 11 is 6.23. The highest BCUT2D eigenvalue weighted by molar-refractivity contribution is 6.32. The average molecular weight is 435 g/mol. The lowest BCUT2D eigenvalue weighted by Gasteiger charge is -2.20. The van der Waals surface area contributed by atoms with Crippen LogP contribution < -0.4 is 24.8 Å². The summed E-state index contributed by atoms with van der Waals surface area (Å²) in [6, 6.07) is 8.40. The first-order chi connectivity index (χ1) is 14.5. The molecule has 2 aromatic carbocycles. The van der Waals surface area contributed by atoms with Crippen LogP contribution >= 0.6 is 11.6 Å². The summed E-state index contributed by atoms with van der Waals surface area (Å²) in [5, 5.41) is 6.04. The Labute approximate surface area is 179 Å². The van der Waals surface area contributed by atoms with Gasteiger partial charge in [0.25, 0.3) is 0 Å². The van der Waals surface area contributed by atoms with Gasteiger partial charge < -0.3 is 29.6 Å². The Balaban J connectivity index is 1.50. The predicted octanol–water partition coefficient (Wildman–Crippen LogP) is 2.95. The van der Waals surface area contributed by atoms with Gasteiger partial charge in [-0.15, -0.1) is 0 Å².